The van der Waals surface area contributed by atoms with E-state index in [-0.39, 0.29) is 0 Å². The van der Waals surface area contributed by atoms with Crippen LogP contribution in [-0.2, 0) is 6.54 Å². The summed E-state index contributed by atoms with van der Waals surface area (Å²) in [4.78, 5) is 8.47. The van der Waals surface area contributed by atoms with Gasteiger partial charge >= 0.3 is 0 Å². The summed E-state index contributed by atoms with van der Waals surface area (Å²) in [6.45, 7) is 0.403. The maximum atomic E-state index is 6.04. The average molecular weight is 220 g/mol. The van der Waals surface area contributed by atoms with Crippen LogP contribution in [0.15, 0.2) is 36.5 Å². The van der Waals surface area contributed by atoms with E-state index in [4.69, 9.17) is 17.3 Å². The molecular weight excluding hydrogens is 210 g/mol. The van der Waals surface area contributed by atoms with Crippen molar-refractivity contribution in [3.63, 3.8) is 0 Å². The van der Waals surface area contributed by atoms with Gasteiger partial charge in [0.25, 0.3) is 0 Å². The lowest BCUT2D eigenvalue weighted by Gasteiger charge is -2.03. The zero-order chi connectivity index (χ0) is 10.7. The molecule has 0 unspecified atom stereocenters. The minimum Gasteiger partial charge on any atom is -0.325 e. The molecule has 0 aliphatic heterocycles. The molecule has 1 aromatic heterocycles. The number of rotatable bonds is 2. The standard InChI is InChI=1S/C11H10ClN3/c12-10-4-2-1-3-9(10)11-14-6-5-8(7-13)15-11/h1-6H,7,13H2. The van der Waals surface area contributed by atoms with Gasteiger partial charge in [-0.1, -0.05) is 23.7 Å². The Balaban J connectivity index is 2.49. The maximum Gasteiger partial charge on any atom is 0.160 e. The average Bonchev–Trinajstić information content (AvgIpc) is 2.30. The first kappa shape index (κ1) is 10.1. The first-order chi connectivity index (χ1) is 7.31. The minimum absolute atomic E-state index is 0.403. The summed E-state index contributed by atoms with van der Waals surface area (Å²) < 4.78 is 0. The Hall–Kier alpha value is -1.45. The van der Waals surface area contributed by atoms with E-state index >= 15 is 0 Å². The van der Waals surface area contributed by atoms with Crippen molar-refractivity contribution in [3.8, 4) is 11.4 Å². The van der Waals surface area contributed by atoms with Crippen LogP contribution in [0.4, 0.5) is 0 Å². The summed E-state index contributed by atoms with van der Waals surface area (Å²) >= 11 is 6.04. The van der Waals surface area contributed by atoms with Crippen LogP contribution in [0, 0.1) is 0 Å². The summed E-state index contributed by atoms with van der Waals surface area (Å²) in [5.74, 6) is 0.614. The van der Waals surface area contributed by atoms with Crippen molar-refractivity contribution in [1.82, 2.24) is 9.97 Å². The van der Waals surface area contributed by atoms with E-state index in [1.54, 1.807) is 12.3 Å². The Labute approximate surface area is 92.9 Å². The first-order valence-corrected chi connectivity index (χ1v) is 4.96. The molecule has 0 amide bonds. The van der Waals surface area contributed by atoms with Crippen molar-refractivity contribution in [3.05, 3.63) is 47.2 Å². The molecular formula is C11H10ClN3. The lowest BCUT2D eigenvalue weighted by molar-refractivity contribution is 0.969. The third-order valence-electron chi connectivity index (χ3n) is 2.04. The molecule has 0 spiro atoms. The summed E-state index contributed by atoms with van der Waals surface area (Å²) in [6, 6.07) is 9.27. The van der Waals surface area contributed by atoms with Crippen LogP contribution in [0.2, 0.25) is 5.02 Å². The van der Waals surface area contributed by atoms with Gasteiger partial charge in [-0.3, -0.25) is 0 Å². The molecule has 1 heterocycles. The molecule has 2 N–H and O–H groups in total. The number of halogens is 1. The molecule has 0 saturated carbocycles. The summed E-state index contributed by atoms with van der Waals surface area (Å²) in [6.07, 6.45) is 1.69. The highest BCUT2D eigenvalue weighted by molar-refractivity contribution is 6.33. The van der Waals surface area contributed by atoms with Crippen molar-refractivity contribution >= 4 is 11.6 Å². The van der Waals surface area contributed by atoms with Gasteiger partial charge < -0.3 is 5.73 Å². The van der Waals surface area contributed by atoms with E-state index in [2.05, 4.69) is 9.97 Å². The van der Waals surface area contributed by atoms with Crippen molar-refractivity contribution in [1.29, 1.82) is 0 Å². The molecule has 2 aromatic rings. The van der Waals surface area contributed by atoms with Gasteiger partial charge in [0.05, 0.1) is 10.7 Å². The van der Waals surface area contributed by atoms with Crippen LogP contribution in [0.3, 0.4) is 0 Å². The van der Waals surface area contributed by atoms with Crippen LogP contribution in [0.5, 0.6) is 0 Å². The second-order valence-electron chi connectivity index (χ2n) is 3.06. The third kappa shape index (κ3) is 2.14. The number of nitrogens with zero attached hydrogens (tertiary/aromatic N) is 2. The highest BCUT2D eigenvalue weighted by Crippen LogP contribution is 2.24. The highest BCUT2D eigenvalue weighted by atomic mass is 35.5. The van der Waals surface area contributed by atoms with E-state index < -0.39 is 0 Å². The smallest absolute Gasteiger partial charge is 0.160 e. The Kier molecular flexibility index (Phi) is 2.94. The Morgan fingerprint density at radius 1 is 1.20 bits per heavy atom. The van der Waals surface area contributed by atoms with Gasteiger partial charge in [-0.25, -0.2) is 9.97 Å². The molecule has 0 aliphatic carbocycles. The fraction of sp³-hybridized carbons (Fsp3) is 0.0909. The van der Waals surface area contributed by atoms with Crippen LogP contribution >= 0.6 is 11.6 Å². The van der Waals surface area contributed by atoms with E-state index in [9.17, 15) is 0 Å². The molecule has 3 nitrogen and oxygen atoms in total. The topological polar surface area (TPSA) is 51.8 Å². The highest BCUT2D eigenvalue weighted by Gasteiger charge is 2.05. The number of hydrogen-bond donors (Lipinski definition) is 1. The van der Waals surface area contributed by atoms with Crippen LogP contribution in [0.1, 0.15) is 5.69 Å². The minimum atomic E-state index is 0.403. The lowest BCUT2D eigenvalue weighted by Crippen LogP contribution is -2.01. The van der Waals surface area contributed by atoms with E-state index in [1.807, 2.05) is 24.3 Å². The zero-order valence-electron chi connectivity index (χ0n) is 8.02. The molecule has 4 heteroatoms. The van der Waals surface area contributed by atoms with Gasteiger partial charge in [-0.2, -0.15) is 0 Å². The van der Waals surface area contributed by atoms with E-state index in [0.29, 0.717) is 17.4 Å². The molecule has 0 radical (unpaired) electrons. The lowest BCUT2D eigenvalue weighted by atomic mass is 10.2. The van der Waals surface area contributed by atoms with Crippen LogP contribution < -0.4 is 5.73 Å². The van der Waals surface area contributed by atoms with Gasteiger partial charge in [0.15, 0.2) is 5.82 Å². The van der Waals surface area contributed by atoms with E-state index in [0.717, 1.165) is 11.3 Å². The second kappa shape index (κ2) is 4.38. The van der Waals surface area contributed by atoms with Gasteiger partial charge in [0.2, 0.25) is 0 Å². The second-order valence-corrected chi connectivity index (χ2v) is 3.46. The molecule has 1 aromatic carbocycles. The predicted octanol–water partition coefficient (Wildman–Crippen LogP) is 2.26. The Morgan fingerprint density at radius 2 is 2.00 bits per heavy atom. The summed E-state index contributed by atoms with van der Waals surface area (Å²) in [7, 11) is 0. The molecule has 0 bridgehead atoms. The van der Waals surface area contributed by atoms with Crippen molar-refractivity contribution in [2.75, 3.05) is 0 Å². The summed E-state index contributed by atoms with van der Waals surface area (Å²) in [5.41, 5.74) is 7.15. The SMILES string of the molecule is NCc1ccnc(-c2ccccc2Cl)n1. The molecule has 0 fully saturated rings. The molecule has 15 heavy (non-hydrogen) atoms. The molecule has 2 rings (SSSR count). The molecule has 0 aliphatic rings. The fourth-order valence-electron chi connectivity index (χ4n) is 1.28. The third-order valence-corrected chi connectivity index (χ3v) is 2.37. The normalized spacial score (nSPS) is 10.3. The van der Waals surface area contributed by atoms with Crippen LogP contribution in [-0.4, -0.2) is 9.97 Å². The Morgan fingerprint density at radius 3 is 2.73 bits per heavy atom. The van der Waals surface area contributed by atoms with Gasteiger partial charge in [-0.15, -0.1) is 0 Å². The maximum absolute atomic E-state index is 6.04. The van der Waals surface area contributed by atoms with Crippen LogP contribution in [0.25, 0.3) is 11.4 Å². The zero-order valence-corrected chi connectivity index (χ0v) is 8.78. The molecule has 76 valence electrons. The quantitative estimate of drug-likeness (QED) is 0.843. The van der Waals surface area contributed by atoms with Gasteiger partial charge in [0.1, 0.15) is 0 Å². The number of aromatic nitrogens is 2. The van der Waals surface area contributed by atoms with Gasteiger partial charge in [-0.05, 0) is 18.2 Å². The number of hydrogen-bond acceptors (Lipinski definition) is 3. The fourth-order valence-corrected chi connectivity index (χ4v) is 1.50. The number of benzene rings is 1. The molecule has 0 atom stereocenters. The largest absolute Gasteiger partial charge is 0.325 e. The monoisotopic (exact) mass is 219 g/mol. The Bertz CT molecular complexity index is 471. The van der Waals surface area contributed by atoms with E-state index in [1.165, 1.54) is 0 Å². The van der Waals surface area contributed by atoms with Crippen molar-refractivity contribution in [2.45, 2.75) is 6.54 Å². The predicted molar refractivity (Wildman–Crippen MR) is 60.4 cm³/mol. The molecule has 0 saturated heterocycles. The first-order valence-electron chi connectivity index (χ1n) is 4.58. The van der Waals surface area contributed by atoms with Crippen molar-refractivity contribution < 1.29 is 0 Å². The van der Waals surface area contributed by atoms with Gasteiger partial charge in [0, 0.05) is 18.3 Å². The number of nitrogens with two attached hydrogens (primary N) is 1. The summed E-state index contributed by atoms with van der Waals surface area (Å²) in [5, 5.41) is 0.645. The van der Waals surface area contributed by atoms with Crippen molar-refractivity contribution in [2.24, 2.45) is 5.73 Å².